The number of hydrogen-bond acceptors (Lipinski definition) is 5. The van der Waals surface area contributed by atoms with Gasteiger partial charge in [0, 0.05) is 37.3 Å². The summed E-state index contributed by atoms with van der Waals surface area (Å²) in [5, 5.41) is 8.37. The molecule has 0 atom stereocenters. The van der Waals surface area contributed by atoms with Crippen LogP contribution in [-0.4, -0.2) is 54.0 Å². The maximum Gasteiger partial charge on any atom is 0.246 e. The largest absolute Gasteiger partial charge is 0.297 e. The normalized spacial score (nSPS) is 18.7. The topological polar surface area (TPSA) is 69.3 Å². The molecule has 1 aliphatic heterocycles. The summed E-state index contributed by atoms with van der Waals surface area (Å²) < 4.78 is 26.5. The number of thiophene rings is 1. The number of sulfonamides is 1. The van der Waals surface area contributed by atoms with E-state index >= 15 is 0 Å². The quantitative estimate of drug-likeness (QED) is 0.921. The van der Waals surface area contributed by atoms with E-state index in [0.717, 1.165) is 26.1 Å². The van der Waals surface area contributed by atoms with Gasteiger partial charge in [-0.3, -0.25) is 10.00 Å². The molecule has 1 N–H and O–H groups in total. The fourth-order valence-electron chi connectivity index (χ4n) is 2.50. The van der Waals surface area contributed by atoms with E-state index in [1.54, 1.807) is 15.6 Å². The van der Waals surface area contributed by atoms with Crippen LogP contribution in [0.25, 0.3) is 0 Å². The average Bonchev–Trinajstić information content (AvgIpc) is 3.10. The van der Waals surface area contributed by atoms with E-state index in [-0.39, 0.29) is 4.90 Å². The Morgan fingerprint density at radius 1 is 1.29 bits per heavy atom. The Bertz CT molecular complexity index is 652. The molecule has 0 unspecified atom stereocenters. The number of aromatic nitrogens is 2. The molecule has 1 fully saturated rings. The van der Waals surface area contributed by atoms with Crippen molar-refractivity contribution in [2.45, 2.75) is 17.9 Å². The molecule has 3 heterocycles. The van der Waals surface area contributed by atoms with E-state index in [4.69, 9.17) is 0 Å². The van der Waals surface area contributed by atoms with Crippen LogP contribution in [0.15, 0.2) is 34.8 Å². The average molecular weight is 326 g/mol. The van der Waals surface area contributed by atoms with Crippen LogP contribution in [0, 0.1) is 0 Å². The third-order valence-corrected chi connectivity index (χ3v) is 6.34. The van der Waals surface area contributed by atoms with Crippen LogP contribution < -0.4 is 0 Å². The lowest BCUT2D eigenvalue weighted by molar-refractivity contribution is 0.281. The zero-order valence-corrected chi connectivity index (χ0v) is 13.2. The SMILES string of the molecule is O=S(=O)(c1cn[nH]c1)N1CCCN(Cc2cccs2)CC1. The minimum absolute atomic E-state index is 0.245. The first kappa shape index (κ1) is 14.7. The van der Waals surface area contributed by atoms with Gasteiger partial charge in [0.15, 0.2) is 0 Å². The Morgan fingerprint density at radius 3 is 2.90 bits per heavy atom. The summed E-state index contributed by atoms with van der Waals surface area (Å²) in [6, 6.07) is 4.17. The molecule has 0 bridgehead atoms. The van der Waals surface area contributed by atoms with Crippen molar-refractivity contribution in [3.63, 3.8) is 0 Å². The highest BCUT2D eigenvalue weighted by Gasteiger charge is 2.27. The van der Waals surface area contributed by atoms with Gasteiger partial charge in [-0.1, -0.05) is 6.07 Å². The van der Waals surface area contributed by atoms with Gasteiger partial charge in [-0.25, -0.2) is 8.42 Å². The molecule has 2 aromatic heterocycles. The summed E-state index contributed by atoms with van der Waals surface area (Å²) in [6.45, 7) is 3.68. The van der Waals surface area contributed by atoms with E-state index in [0.29, 0.717) is 13.1 Å². The number of rotatable bonds is 4. The molecule has 0 amide bonds. The van der Waals surface area contributed by atoms with Gasteiger partial charge in [-0.2, -0.15) is 9.40 Å². The van der Waals surface area contributed by atoms with E-state index in [1.165, 1.54) is 17.3 Å². The lowest BCUT2D eigenvalue weighted by Gasteiger charge is -2.20. The van der Waals surface area contributed by atoms with Crippen molar-refractivity contribution in [2.24, 2.45) is 0 Å². The molecular formula is C13H18N4O2S2. The van der Waals surface area contributed by atoms with E-state index in [2.05, 4.69) is 26.5 Å². The number of hydrogen-bond donors (Lipinski definition) is 1. The molecule has 21 heavy (non-hydrogen) atoms. The summed E-state index contributed by atoms with van der Waals surface area (Å²) in [5.41, 5.74) is 0. The molecular weight excluding hydrogens is 308 g/mol. The summed E-state index contributed by atoms with van der Waals surface area (Å²) in [5.74, 6) is 0. The maximum atomic E-state index is 12.5. The third-order valence-electron chi connectivity index (χ3n) is 3.62. The van der Waals surface area contributed by atoms with Gasteiger partial charge in [-0.05, 0) is 24.4 Å². The van der Waals surface area contributed by atoms with E-state index in [1.807, 2.05) is 6.07 Å². The van der Waals surface area contributed by atoms with E-state index in [9.17, 15) is 8.42 Å². The highest BCUT2D eigenvalue weighted by molar-refractivity contribution is 7.89. The lowest BCUT2D eigenvalue weighted by atomic mass is 10.3. The van der Waals surface area contributed by atoms with Gasteiger partial charge < -0.3 is 0 Å². The van der Waals surface area contributed by atoms with Crippen molar-refractivity contribution in [1.29, 1.82) is 0 Å². The molecule has 0 radical (unpaired) electrons. The van der Waals surface area contributed by atoms with Crippen LogP contribution in [0.4, 0.5) is 0 Å². The molecule has 1 saturated heterocycles. The van der Waals surface area contributed by atoms with Crippen LogP contribution in [-0.2, 0) is 16.6 Å². The van der Waals surface area contributed by atoms with Crippen molar-refractivity contribution < 1.29 is 8.42 Å². The standard InChI is InChI=1S/C13H18N4O2S2/c18-21(19,13-9-14-15-10-13)17-5-2-4-16(6-7-17)11-12-3-1-8-20-12/h1,3,8-10H,2,4-7,11H2,(H,14,15). The molecule has 114 valence electrons. The van der Waals surface area contributed by atoms with Crippen molar-refractivity contribution in [2.75, 3.05) is 26.2 Å². The van der Waals surface area contributed by atoms with Crippen LogP contribution in [0.3, 0.4) is 0 Å². The molecule has 0 aromatic carbocycles. The Labute approximate surface area is 128 Å². The second-order valence-corrected chi connectivity index (χ2v) is 8.02. The molecule has 0 spiro atoms. The number of nitrogens with one attached hydrogen (secondary N) is 1. The van der Waals surface area contributed by atoms with Crippen molar-refractivity contribution in [3.05, 3.63) is 34.8 Å². The van der Waals surface area contributed by atoms with Gasteiger partial charge in [0.25, 0.3) is 0 Å². The molecule has 6 nitrogen and oxygen atoms in total. The Morgan fingerprint density at radius 2 is 2.19 bits per heavy atom. The van der Waals surface area contributed by atoms with Crippen molar-refractivity contribution >= 4 is 21.4 Å². The Kier molecular flexibility index (Phi) is 4.39. The van der Waals surface area contributed by atoms with Crippen LogP contribution in [0.1, 0.15) is 11.3 Å². The predicted molar refractivity (Wildman–Crippen MR) is 81.6 cm³/mol. The van der Waals surface area contributed by atoms with Gasteiger partial charge >= 0.3 is 0 Å². The molecule has 8 heteroatoms. The van der Waals surface area contributed by atoms with Crippen LogP contribution >= 0.6 is 11.3 Å². The fraction of sp³-hybridized carbons (Fsp3) is 0.462. The Hall–Kier alpha value is -1.22. The second kappa shape index (κ2) is 6.27. The number of nitrogens with zero attached hydrogens (tertiary/aromatic N) is 3. The van der Waals surface area contributed by atoms with Gasteiger partial charge in [0.05, 0.1) is 6.20 Å². The minimum Gasteiger partial charge on any atom is -0.297 e. The lowest BCUT2D eigenvalue weighted by Crippen LogP contribution is -2.34. The van der Waals surface area contributed by atoms with Gasteiger partial charge in [0.2, 0.25) is 10.0 Å². The summed E-state index contributed by atoms with van der Waals surface area (Å²) in [7, 11) is -3.41. The smallest absolute Gasteiger partial charge is 0.246 e. The van der Waals surface area contributed by atoms with Gasteiger partial charge in [-0.15, -0.1) is 11.3 Å². The fourth-order valence-corrected chi connectivity index (χ4v) is 4.62. The monoisotopic (exact) mass is 326 g/mol. The number of aromatic amines is 1. The van der Waals surface area contributed by atoms with Gasteiger partial charge in [0.1, 0.15) is 4.90 Å². The first-order chi connectivity index (χ1) is 10.2. The first-order valence-corrected chi connectivity index (χ1v) is 9.22. The molecule has 0 saturated carbocycles. The second-order valence-electron chi connectivity index (χ2n) is 5.05. The zero-order valence-electron chi connectivity index (χ0n) is 11.6. The molecule has 3 rings (SSSR count). The summed E-state index contributed by atoms with van der Waals surface area (Å²) in [4.78, 5) is 3.88. The highest BCUT2D eigenvalue weighted by Crippen LogP contribution is 2.18. The summed E-state index contributed by atoms with van der Waals surface area (Å²) >= 11 is 1.74. The number of H-pyrrole nitrogens is 1. The van der Waals surface area contributed by atoms with Crippen molar-refractivity contribution in [1.82, 2.24) is 19.4 Å². The molecule has 1 aliphatic rings. The third kappa shape index (κ3) is 3.34. The van der Waals surface area contributed by atoms with Crippen LogP contribution in [0.2, 0.25) is 0 Å². The maximum absolute atomic E-state index is 12.5. The Balaban J connectivity index is 1.66. The molecule has 0 aliphatic carbocycles. The highest BCUT2D eigenvalue weighted by atomic mass is 32.2. The zero-order chi connectivity index (χ0) is 14.7. The van der Waals surface area contributed by atoms with Crippen LogP contribution in [0.5, 0.6) is 0 Å². The van der Waals surface area contributed by atoms with Crippen molar-refractivity contribution in [3.8, 4) is 0 Å². The minimum atomic E-state index is -3.41. The predicted octanol–water partition coefficient (Wildman–Crippen LogP) is 1.37. The summed E-state index contributed by atoms with van der Waals surface area (Å²) in [6.07, 6.45) is 3.65. The van der Waals surface area contributed by atoms with E-state index < -0.39 is 10.0 Å². The molecule has 2 aromatic rings. The first-order valence-electron chi connectivity index (χ1n) is 6.90.